The molecule has 1 aliphatic heterocycles. The molecule has 1 aliphatic rings. The van der Waals surface area contributed by atoms with Gasteiger partial charge in [-0.3, -0.25) is 19.2 Å². The third kappa shape index (κ3) is 5.26. The number of rotatable bonds is 7. The van der Waals surface area contributed by atoms with Gasteiger partial charge in [0.2, 0.25) is 11.8 Å². The van der Waals surface area contributed by atoms with Crippen LogP contribution in [0.25, 0.3) is 0 Å². The number of alkyl halides is 1. The molecule has 0 spiro atoms. The van der Waals surface area contributed by atoms with Crippen molar-refractivity contribution in [3.63, 3.8) is 0 Å². The van der Waals surface area contributed by atoms with Crippen molar-refractivity contribution in [2.75, 3.05) is 5.88 Å². The minimum atomic E-state index is -1.22. The maximum atomic E-state index is 13.6. The number of hydrogen-bond acceptors (Lipinski definition) is 4. The maximum Gasteiger partial charge on any atom is 0.275 e. The first-order valence-electron chi connectivity index (χ1n) is 9.74. The van der Waals surface area contributed by atoms with E-state index in [2.05, 4.69) is 0 Å². The molecule has 0 aliphatic carbocycles. The van der Waals surface area contributed by atoms with Crippen LogP contribution in [0.15, 0.2) is 42.5 Å². The molecule has 0 bridgehead atoms. The lowest BCUT2D eigenvalue weighted by atomic mass is 10.00. The van der Waals surface area contributed by atoms with Crippen molar-refractivity contribution < 1.29 is 19.2 Å². The minimum absolute atomic E-state index is 0.00164. The fraction of sp³-hybridized carbons (Fsp3) is 0.273. The number of halogens is 4. The largest absolute Gasteiger partial charge is 0.292 e. The molecule has 0 N–H and O–H groups in total. The summed E-state index contributed by atoms with van der Waals surface area (Å²) in [6, 6.07) is 9.05. The highest BCUT2D eigenvalue weighted by molar-refractivity contribution is 6.36. The van der Waals surface area contributed by atoms with Crippen molar-refractivity contribution in [1.82, 2.24) is 10.0 Å². The van der Waals surface area contributed by atoms with Gasteiger partial charge < -0.3 is 0 Å². The van der Waals surface area contributed by atoms with Gasteiger partial charge in [0.05, 0.1) is 10.6 Å². The van der Waals surface area contributed by atoms with Gasteiger partial charge in [0.15, 0.2) is 5.78 Å². The Hall–Kier alpha value is -2.12. The Morgan fingerprint density at radius 2 is 1.53 bits per heavy atom. The monoisotopic (exact) mass is 514 g/mol. The molecule has 0 aromatic heterocycles. The lowest BCUT2D eigenvalue weighted by Crippen LogP contribution is -2.60. The molecule has 3 amide bonds. The first-order chi connectivity index (χ1) is 15.2. The first-order valence-corrected chi connectivity index (χ1v) is 11.4. The maximum absolute atomic E-state index is 13.6. The Morgan fingerprint density at radius 3 is 2.09 bits per heavy atom. The summed E-state index contributed by atoms with van der Waals surface area (Å²) in [4.78, 5) is 52.5. The number of amides is 3. The van der Waals surface area contributed by atoms with Crippen LogP contribution in [0.1, 0.15) is 46.4 Å². The highest BCUT2D eigenvalue weighted by Gasteiger charge is 2.42. The van der Waals surface area contributed by atoms with E-state index in [0.717, 1.165) is 10.0 Å². The molecule has 1 saturated heterocycles. The van der Waals surface area contributed by atoms with E-state index < -0.39 is 29.5 Å². The predicted molar refractivity (Wildman–Crippen MR) is 123 cm³/mol. The van der Waals surface area contributed by atoms with Gasteiger partial charge in [0.25, 0.3) is 5.91 Å². The lowest BCUT2D eigenvalue weighted by molar-refractivity contribution is -0.165. The highest BCUT2D eigenvalue weighted by Crippen LogP contribution is 2.28. The van der Waals surface area contributed by atoms with Gasteiger partial charge in [0.1, 0.15) is 6.04 Å². The van der Waals surface area contributed by atoms with Crippen LogP contribution in [0.2, 0.25) is 15.1 Å². The zero-order chi connectivity index (χ0) is 23.4. The summed E-state index contributed by atoms with van der Waals surface area (Å²) in [6.45, 7) is 0. The van der Waals surface area contributed by atoms with Crippen molar-refractivity contribution in [3.8, 4) is 0 Å². The molecule has 0 radical (unpaired) electrons. The Kier molecular flexibility index (Phi) is 8.17. The Morgan fingerprint density at radius 1 is 0.938 bits per heavy atom. The van der Waals surface area contributed by atoms with Gasteiger partial charge in [0, 0.05) is 34.3 Å². The number of carbonyl (C=O) groups is 4. The summed E-state index contributed by atoms with van der Waals surface area (Å²) in [5.41, 5.74) is 0.243. The summed E-state index contributed by atoms with van der Waals surface area (Å²) < 4.78 is 0. The molecule has 1 heterocycles. The fourth-order valence-electron chi connectivity index (χ4n) is 3.41. The second kappa shape index (κ2) is 10.7. The first kappa shape index (κ1) is 24.5. The molecule has 32 heavy (non-hydrogen) atoms. The van der Waals surface area contributed by atoms with Crippen LogP contribution < -0.4 is 0 Å². The summed E-state index contributed by atoms with van der Waals surface area (Å²) in [5, 5.41) is 2.39. The van der Waals surface area contributed by atoms with Crippen molar-refractivity contribution in [2.24, 2.45) is 0 Å². The highest BCUT2D eigenvalue weighted by atomic mass is 35.5. The summed E-state index contributed by atoms with van der Waals surface area (Å²) in [5.74, 6) is -2.44. The number of nitrogens with zero attached hydrogens (tertiary/aromatic N) is 2. The zero-order valence-corrected chi connectivity index (χ0v) is 19.7. The summed E-state index contributed by atoms with van der Waals surface area (Å²) in [7, 11) is 0. The van der Waals surface area contributed by atoms with Crippen LogP contribution in [-0.4, -0.2) is 45.4 Å². The third-order valence-corrected chi connectivity index (χ3v) is 5.97. The number of piperidine rings is 1. The van der Waals surface area contributed by atoms with Crippen molar-refractivity contribution >= 4 is 69.9 Å². The second-order valence-electron chi connectivity index (χ2n) is 7.09. The van der Waals surface area contributed by atoms with Crippen molar-refractivity contribution in [1.29, 1.82) is 0 Å². The number of carbonyl (C=O) groups excluding carboxylic acids is 4. The Bertz CT molecular complexity index is 1040. The number of hydrogen-bond donors (Lipinski definition) is 0. The molecule has 2 aromatic rings. The van der Waals surface area contributed by atoms with Gasteiger partial charge in [-0.05, 0) is 55.3 Å². The van der Waals surface area contributed by atoms with Gasteiger partial charge >= 0.3 is 0 Å². The smallest absolute Gasteiger partial charge is 0.275 e. The standard InChI is InChI=1S/C22H18Cl4N2O4/c23-11-10-18(21(31)13-4-6-14(24)7-5-13)27(28-19(29)2-1-3-20(28)30)22(32)16-9-8-15(25)12-17(16)26/h4-9,12,18H,1-3,10-11H2/t18-/m0/s1. The minimum Gasteiger partial charge on any atom is -0.292 e. The van der Waals surface area contributed by atoms with E-state index in [0.29, 0.717) is 16.5 Å². The molecule has 1 fully saturated rings. The topological polar surface area (TPSA) is 74.8 Å². The molecule has 0 unspecified atom stereocenters. The number of imide groups is 1. The predicted octanol–water partition coefficient (Wildman–Crippen LogP) is 5.42. The number of benzene rings is 2. The van der Waals surface area contributed by atoms with Crippen LogP contribution in [0.5, 0.6) is 0 Å². The van der Waals surface area contributed by atoms with E-state index >= 15 is 0 Å². The average Bonchev–Trinajstić information content (AvgIpc) is 2.75. The normalized spacial score (nSPS) is 14.9. The van der Waals surface area contributed by atoms with Crippen LogP contribution in [-0.2, 0) is 9.59 Å². The quantitative estimate of drug-likeness (QED) is 0.280. The molecule has 168 valence electrons. The van der Waals surface area contributed by atoms with E-state index in [9.17, 15) is 19.2 Å². The molecular weight excluding hydrogens is 498 g/mol. The van der Waals surface area contributed by atoms with Gasteiger partial charge in [-0.1, -0.05) is 34.8 Å². The van der Waals surface area contributed by atoms with E-state index in [4.69, 9.17) is 46.4 Å². The van der Waals surface area contributed by atoms with Gasteiger partial charge in [-0.2, -0.15) is 5.01 Å². The molecule has 1 atom stereocenters. The average molecular weight is 516 g/mol. The van der Waals surface area contributed by atoms with Crippen LogP contribution in [0.3, 0.4) is 0 Å². The van der Waals surface area contributed by atoms with Crippen LogP contribution in [0.4, 0.5) is 0 Å². The molecule has 10 heteroatoms. The molecular formula is C22H18Cl4N2O4. The summed E-state index contributed by atoms with van der Waals surface area (Å²) >= 11 is 24.1. The van der Waals surface area contributed by atoms with E-state index in [1.165, 1.54) is 42.5 Å². The molecule has 2 aromatic carbocycles. The van der Waals surface area contributed by atoms with E-state index in [1.807, 2.05) is 0 Å². The van der Waals surface area contributed by atoms with Crippen molar-refractivity contribution in [2.45, 2.75) is 31.7 Å². The molecule has 0 saturated carbocycles. The fourth-order valence-corrected chi connectivity index (χ4v) is 4.24. The molecule has 3 rings (SSSR count). The number of Topliss-reactive ketones (excluding diaryl/α,β-unsaturated/α-hetero) is 1. The Balaban J connectivity index is 2.12. The van der Waals surface area contributed by atoms with Crippen LogP contribution in [0, 0.1) is 0 Å². The third-order valence-electron chi connectivity index (χ3n) is 4.95. The van der Waals surface area contributed by atoms with Crippen molar-refractivity contribution in [3.05, 3.63) is 68.7 Å². The zero-order valence-electron chi connectivity index (χ0n) is 16.7. The SMILES string of the molecule is O=C(c1ccc(Cl)cc1)[C@H](CCCl)N(C(=O)c1ccc(Cl)cc1Cl)N1C(=O)CCCC1=O. The second-order valence-corrected chi connectivity index (χ2v) is 8.75. The number of hydrazine groups is 1. The van der Waals surface area contributed by atoms with E-state index in [1.54, 1.807) is 0 Å². The van der Waals surface area contributed by atoms with E-state index in [-0.39, 0.29) is 41.3 Å². The molecule has 6 nitrogen and oxygen atoms in total. The Labute approximate surface area is 204 Å². The van der Waals surface area contributed by atoms with Gasteiger partial charge in [-0.25, -0.2) is 5.01 Å². The van der Waals surface area contributed by atoms with Gasteiger partial charge in [-0.15, -0.1) is 11.6 Å². The lowest BCUT2D eigenvalue weighted by Gasteiger charge is -2.39. The summed E-state index contributed by atoms with van der Waals surface area (Å²) in [6.07, 6.45) is 0.486. The number of ketones is 1. The van der Waals surface area contributed by atoms with Crippen LogP contribution >= 0.6 is 46.4 Å².